The third kappa shape index (κ3) is 6.59. The van der Waals surface area contributed by atoms with E-state index < -0.39 is 0 Å². The molecule has 0 radical (unpaired) electrons. The lowest BCUT2D eigenvalue weighted by molar-refractivity contribution is 0.224. The Kier molecular flexibility index (Phi) is 7.78. The minimum absolute atomic E-state index is 0.0123. The van der Waals surface area contributed by atoms with Gasteiger partial charge in [-0.3, -0.25) is 9.67 Å². The van der Waals surface area contributed by atoms with Crippen molar-refractivity contribution in [3.8, 4) is 5.75 Å². The zero-order valence-corrected chi connectivity index (χ0v) is 16.7. The molecule has 2 aromatic rings. The number of nitrogens with zero attached hydrogens (tertiary/aromatic N) is 3. The quantitative estimate of drug-likeness (QED) is 0.421. The normalized spacial score (nSPS) is 12.7. The summed E-state index contributed by atoms with van der Waals surface area (Å²) in [6.07, 6.45) is 0.957. The second-order valence-corrected chi connectivity index (χ2v) is 6.71. The summed E-state index contributed by atoms with van der Waals surface area (Å²) in [7, 11) is 1.76. The number of aliphatic imine (C=N–C) groups is 1. The van der Waals surface area contributed by atoms with Gasteiger partial charge in [-0.15, -0.1) is 0 Å². The standard InChI is InChI=1S/C19H28ClN5O/c1-14-11-15(2)25(24-14)10-6-9-22-19(21-4)23-13-16(3)26-18-8-5-7-17(20)12-18/h5,7-8,11-12,16H,6,9-10,13H2,1-4H3,(H2,21,22,23). The van der Waals surface area contributed by atoms with Gasteiger partial charge in [-0.2, -0.15) is 5.10 Å². The Morgan fingerprint density at radius 1 is 1.31 bits per heavy atom. The van der Waals surface area contributed by atoms with Gasteiger partial charge in [-0.1, -0.05) is 17.7 Å². The third-order valence-electron chi connectivity index (χ3n) is 3.86. The van der Waals surface area contributed by atoms with Crippen LogP contribution in [-0.2, 0) is 6.54 Å². The number of ether oxygens (including phenoxy) is 1. The fourth-order valence-electron chi connectivity index (χ4n) is 2.61. The van der Waals surface area contributed by atoms with E-state index in [1.807, 2.05) is 42.8 Å². The van der Waals surface area contributed by atoms with E-state index in [-0.39, 0.29) is 6.10 Å². The van der Waals surface area contributed by atoms with Crippen LogP contribution in [0.1, 0.15) is 24.7 Å². The lowest BCUT2D eigenvalue weighted by atomic mass is 10.3. The molecule has 1 atom stereocenters. The highest BCUT2D eigenvalue weighted by Gasteiger charge is 2.06. The van der Waals surface area contributed by atoms with Crippen LogP contribution in [0.2, 0.25) is 5.02 Å². The summed E-state index contributed by atoms with van der Waals surface area (Å²) in [5.41, 5.74) is 2.25. The highest BCUT2D eigenvalue weighted by atomic mass is 35.5. The summed E-state index contributed by atoms with van der Waals surface area (Å²) in [5.74, 6) is 1.53. The maximum Gasteiger partial charge on any atom is 0.191 e. The van der Waals surface area contributed by atoms with Gasteiger partial charge in [-0.05, 0) is 51.5 Å². The highest BCUT2D eigenvalue weighted by molar-refractivity contribution is 6.30. The van der Waals surface area contributed by atoms with Crippen LogP contribution < -0.4 is 15.4 Å². The molecule has 0 aliphatic heterocycles. The topological polar surface area (TPSA) is 63.5 Å². The Balaban J connectivity index is 1.67. The van der Waals surface area contributed by atoms with Gasteiger partial charge in [0, 0.05) is 30.9 Å². The summed E-state index contributed by atoms with van der Waals surface area (Å²) >= 11 is 5.97. The van der Waals surface area contributed by atoms with E-state index in [2.05, 4.69) is 33.7 Å². The molecule has 0 spiro atoms. The van der Waals surface area contributed by atoms with Gasteiger partial charge in [0.25, 0.3) is 0 Å². The van der Waals surface area contributed by atoms with Crippen molar-refractivity contribution in [2.24, 2.45) is 4.99 Å². The smallest absolute Gasteiger partial charge is 0.191 e. The Morgan fingerprint density at radius 2 is 2.12 bits per heavy atom. The Bertz CT molecular complexity index is 728. The molecule has 0 saturated carbocycles. The average Bonchev–Trinajstić information content (AvgIpc) is 2.91. The number of hydrogen-bond acceptors (Lipinski definition) is 3. The predicted octanol–water partition coefficient (Wildman–Crippen LogP) is 3.18. The lowest BCUT2D eigenvalue weighted by Gasteiger charge is -2.18. The van der Waals surface area contributed by atoms with Gasteiger partial charge in [-0.25, -0.2) is 0 Å². The number of aromatic nitrogens is 2. The van der Waals surface area contributed by atoms with Crippen molar-refractivity contribution in [1.82, 2.24) is 20.4 Å². The van der Waals surface area contributed by atoms with Crippen molar-refractivity contribution in [3.05, 3.63) is 46.7 Å². The monoisotopic (exact) mass is 377 g/mol. The van der Waals surface area contributed by atoms with E-state index in [9.17, 15) is 0 Å². The average molecular weight is 378 g/mol. The molecule has 1 aromatic carbocycles. The van der Waals surface area contributed by atoms with Gasteiger partial charge in [0.15, 0.2) is 5.96 Å². The Labute approximate surface area is 160 Å². The largest absolute Gasteiger partial charge is 0.489 e. The van der Waals surface area contributed by atoms with Crippen molar-refractivity contribution in [3.63, 3.8) is 0 Å². The van der Waals surface area contributed by atoms with Crippen LogP contribution in [0, 0.1) is 13.8 Å². The van der Waals surface area contributed by atoms with E-state index >= 15 is 0 Å². The molecule has 0 bridgehead atoms. The minimum atomic E-state index is -0.0123. The third-order valence-corrected chi connectivity index (χ3v) is 4.09. The second-order valence-electron chi connectivity index (χ2n) is 6.27. The van der Waals surface area contributed by atoms with Crippen LogP contribution in [0.25, 0.3) is 0 Å². The zero-order chi connectivity index (χ0) is 18.9. The first kappa shape index (κ1) is 20.1. The lowest BCUT2D eigenvalue weighted by Crippen LogP contribution is -2.42. The summed E-state index contributed by atoms with van der Waals surface area (Å²) in [5, 5.41) is 11.7. The van der Waals surface area contributed by atoms with Crippen molar-refractivity contribution in [2.75, 3.05) is 20.1 Å². The molecule has 142 valence electrons. The molecule has 0 saturated heterocycles. The van der Waals surface area contributed by atoms with E-state index in [4.69, 9.17) is 16.3 Å². The van der Waals surface area contributed by atoms with Crippen molar-refractivity contribution < 1.29 is 4.74 Å². The molecule has 0 aliphatic rings. The second kappa shape index (κ2) is 10.1. The number of benzene rings is 1. The van der Waals surface area contributed by atoms with Gasteiger partial charge < -0.3 is 15.4 Å². The van der Waals surface area contributed by atoms with Crippen LogP contribution >= 0.6 is 11.6 Å². The number of nitrogens with one attached hydrogen (secondary N) is 2. The van der Waals surface area contributed by atoms with Gasteiger partial charge in [0.05, 0.1) is 12.2 Å². The van der Waals surface area contributed by atoms with Crippen LogP contribution in [-0.4, -0.2) is 42.0 Å². The maximum atomic E-state index is 5.97. The number of aryl methyl sites for hydroxylation is 3. The molecule has 1 heterocycles. The number of hydrogen-bond donors (Lipinski definition) is 2. The highest BCUT2D eigenvalue weighted by Crippen LogP contribution is 2.18. The molecule has 0 fully saturated rings. The van der Waals surface area contributed by atoms with Crippen molar-refractivity contribution in [1.29, 1.82) is 0 Å². The molecule has 0 aliphatic carbocycles. The molecule has 26 heavy (non-hydrogen) atoms. The van der Waals surface area contributed by atoms with E-state index in [1.54, 1.807) is 7.05 Å². The molecule has 6 nitrogen and oxygen atoms in total. The zero-order valence-electron chi connectivity index (χ0n) is 15.9. The summed E-state index contributed by atoms with van der Waals surface area (Å²) in [6, 6.07) is 9.50. The van der Waals surface area contributed by atoms with Gasteiger partial charge in [0.2, 0.25) is 0 Å². The first-order valence-electron chi connectivity index (χ1n) is 8.85. The minimum Gasteiger partial charge on any atom is -0.489 e. The molecule has 2 rings (SSSR count). The molecule has 2 N–H and O–H groups in total. The van der Waals surface area contributed by atoms with Gasteiger partial charge >= 0.3 is 0 Å². The number of guanidine groups is 1. The summed E-state index contributed by atoms with van der Waals surface area (Å²) in [6.45, 7) is 8.45. The first-order chi connectivity index (χ1) is 12.5. The van der Waals surface area contributed by atoms with Gasteiger partial charge in [0.1, 0.15) is 11.9 Å². The Hall–Kier alpha value is -2.21. The van der Waals surface area contributed by atoms with Crippen LogP contribution in [0.4, 0.5) is 0 Å². The van der Waals surface area contributed by atoms with E-state index in [1.165, 1.54) is 5.69 Å². The molecular weight excluding hydrogens is 350 g/mol. The van der Waals surface area contributed by atoms with Crippen LogP contribution in [0.5, 0.6) is 5.75 Å². The van der Waals surface area contributed by atoms with Crippen molar-refractivity contribution in [2.45, 2.75) is 39.8 Å². The van der Waals surface area contributed by atoms with Crippen LogP contribution in [0.3, 0.4) is 0 Å². The Morgan fingerprint density at radius 3 is 2.77 bits per heavy atom. The summed E-state index contributed by atoms with van der Waals surface area (Å²) < 4.78 is 7.88. The first-order valence-corrected chi connectivity index (χ1v) is 9.23. The van der Waals surface area contributed by atoms with Crippen LogP contribution in [0.15, 0.2) is 35.3 Å². The molecule has 0 amide bonds. The maximum absolute atomic E-state index is 5.97. The fraction of sp³-hybridized carbons (Fsp3) is 0.474. The number of halogens is 1. The summed E-state index contributed by atoms with van der Waals surface area (Å²) in [4.78, 5) is 4.24. The van der Waals surface area contributed by atoms with E-state index in [0.29, 0.717) is 11.6 Å². The SMILES string of the molecule is CN=C(NCCCn1nc(C)cc1C)NCC(C)Oc1cccc(Cl)c1. The predicted molar refractivity (Wildman–Crippen MR) is 107 cm³/mol. The fourth-order valence-corrected chi connectivity index (χ4v) is 2.79. The molecule has 1 aromatic heterocycles. The molecule has 7 heteroatoms. The molecule has 1 unspecified atom stereocenters. The van der Waals surface area contributed by atoms with E-state index in [0.717, 1.165) is 36.9 Å². The van der Waals surface area contributed by atoms with Crippen molar-refractivity contribution >= 4 is 17.6 Å². The molecular formula is C19H28ClN5O. The number of rotatable bonds is 8.